The second-order valence-electron chi connectivity index (χ2n) is 7.53. The van der Waals surface area contributed by atoms with Crippen molar-refractivity contribution in [3.05, 3.63) is 51.9 Å². The van der Waals surface area contributed by atoms with E-state index in [4.69, 9.17) is 11.5 Å². The number of nitrogens with one attached hydrogen (secondary N) is 2. The summed E-state index contributed by atoms with van der Waals surface area (Å²) in [7, 11) is 0. The molecule has 8 nitrogen and oxygen atoms in total. The van der Waals surface area contributed by atoms with Gasteiger partial charge in [-0.1, -0.05) is 38.1 Å². The van der Waals surface area contributed by atoms with E-state index in [-0.39, 0.29) is 5.56 Å². The van der Waals surface area contributed by atoms with E-state index in [1.165, 1.54) is 11.3 Å². The Morgan fingerprint density at radius 2 is 1.70 bits per heavy atom. The topological polar surface area (TPSA) is 148 Å². The highest BCUT2D eigenvalue weighted by Crippen LogP contribution is 2.29. The Kier molecular flexibility index (Phi) is 8.37. The van der Waals surface area contributed by atoms with Crippen molar-refractivity contribution in [3.8, 4) is 0 Å². The van der Waals surface area contributed by atoms with Crippen LogP contribution in [0.25, 0.3) is 0 Å². The third-order valence-electron chi connectivity index (χ3n) is 4.53. The number of aliphatic carboxylic acids is 1. The highest BCUT2D eigenvalue weighted by molar-refractivity contribution is 7.16. The monoisotopic (exact) mass is 432 g/mol. The third kappa shape index (κ3) is 7.16. The molecule has 1 heterocycles. The minimum atomic E-state index is -0.836. The summed E-state index contributed by atoms with van der Waals surface area (Å²) in [4.78, 5) is 34.9. The molecule has 0 fully saturated rings. The first-order chi connectivity index (χ1) is 14.2. The summed E-state index contributed by atoms with van der Waals surface area (Å²) in [6.07, 6.45) is 2.00. The summed E-state index contributed by atoms with van der Waals surface area (Å²) >= 11 is 1.28. The number of carboxylic acid groups (broad SMARTS) is 1. The smallest absolute Gasteiger partial charge is 0.320 e. The van der Waals surface area contributed by atoms with Gasteiger partial charge in [0.15, 0.2) is 0 Å². The Hall–Kier alpha value is -2.91. The van der Waals surface area contributed by atoms with Crippen LogP contribution in [-0.4, -0.2) is 29.1 Å². The predicted octanol–water partition coefficient (Wildman–Crippen LogP) is 2.71. The molecule has 0 aliphatic heterocycles. The van der Waals surface area contributed by atoms with E-state index in [1.807, 2.05) is 38.1 Å². The SMILES string of the molecule is CC(C)CC(NCc1ccc(CCc2cc(C(N)=O)c(NC(N)=O)s2)cc1)C(=O)O. The summed E-state index contributed by atoms with van der Waals surface area (Å²) in [6, 6.07) is 8.32. The maximum atomic E-state index is 11.5. The fourth-order valence-corrected chi connectivity index (χ4v) is 4.09. The van der Waals surface area contributed by atoms with Crippen LogP contribution in [0.2, 0.25) is 0 Å². The molecule has 2 aromatic rings. The van der Waals surface area contributed by atoms with E-state index in [1.54, 1.807) is 6.07 Å². The maximum Gasteiger partial charge on any atom is 0.320 e. The average molecular weight is 433 g/mol. The van der Waals surface area contributed by atoms with Gasteiger partial charge in [-0.05, 0) is 42.4 Å². The van der Waals surface area contributed by atoms with Gasteiger partial charge in [-0.2, -0.15) is 0 Å². The van der Waals surface area contributed by atoms with E-state index in [9.17, 15) is 19.5 Å². The first kappa shape index (κ1) is 23.4. The quantitative estimate of drug-likeness (QED) is 0.370. The highest BCUT2D eigenvalue weighted by atomic mass is 32.1. The van der Waals surface area contributed by atoms with Crippen LogP contribution >= 0.6 is 11.3 Å². The minimum absolute atomic E-state index is 0.254. The fourth-order valence-electron chi connectivity index (χ4n) is 3.03. The molecule has 0 radical (unpaired) electrons. The fraction of sp³-hybridized carbons (Fsp3) is 0.381. The van der Waals surface area contributed by atoms with Gasteiger partial charge >= 0.3 is 12.0 Å². The number of carbonyl (C=O) groups is 3. The first-order valence-electron chi connectivity index (χ1n) is 9.68. The number of rotatable bonds is 11. The first-order valence-corrected chi connectivity index (χ1v) is 10.5. The van der Waals surface area contributed by atoms with Crippen molar-refractivity contribution in [2.45, 2.75) is 45.7 Å². The van der Waals surface area contributed by atoms with Crippen LogP contribution in [0.4, 0.5) is 9.80 Å². The molecule has 9 heteroatoms. The van der Waals surface area contributed by atoms with Crippen LogP contribution in [0.5, 0.6) is 0 Å². The zero-order chi connectivity index (χ0) is 22.3. The zero-order valence-electron chi connectivity index (χ0n) is 17.1. The summed E-state index contributed by atoms with van der Waals surface area (Å²) in [5.74, 6) is -1.15. The highest BCUT2D eigenvalue weighted by Gasteiger charge is 2.18. The van der Waals surface area contributed by atoms with Crippen LogP contribution in [0.3, 0.4) is 0 Å². The molecule has 0 spiro atoms. The summed E-state index contributed by atoms with van der Waals surface area (Å²) in [5, 5.41) is 15.2. The molecule has 1 aromatic carbocycles. The predicted molar refractivity (Wildman–Crippen MR) is 118 cm³/mol. The van der Waals surface area contributed by atoms with Gasteiger partial charge in [0.1, 0.15) is 11.0 Å². The lowest BCUT2D eigenvalue weighted by Gasteiger charge is -2.16. The van der Waals surface area contributed by atoms with Crippen molar-refractivity contribution in [2.24, 2.45) is 17.4 Å². The molecular weight excluding hydrogens is 404 g/mol. The Morgan fingerprint density at radius 1 is 1.07 bits per heavy atom. The molecule has 1 atom stereocenters. The Bertz CT molecular complexity index is 893. The second-order valence-corrected chi connectivity index (χ2v) is 8.66. The molecule has 1 aromatic heterocycles. The lowest BCUT2D eigenvalue weighted by Crippen LogP contribution is -2.37. The molecule has 0 saturated carbocycles. The minimum Gasteiger partial charge on any atom is -0.480 e. The number of aryl methyl sites for hydroxylation is 2. The zero-order valence-corrected chi connectivity index (χ0v) is 17.9. The Balaban J connectivity index is 1.94. The second kappa shape index (κ2) is 10.7. The number of hydrogen-bond donors (Lipinski definition) is 5. The summed E-state index contributed by atoms with van der Waals surface area (Å²) < 4.78 is 0. The van der Waals surface area contributed by atoms with E-state index in [2.05, 4.69) is 10.6 Å². The summed E-state index contributed by atoms with van der Waals surface area (Å²) in [6.45, 7) is 4.48. The molecule has 0 saturated heterocycles. The van der Waals surface area contributed by atoms with Crippen LogP contribution < -0.4 is 22.1 Å². The van der Waals surface area contributed by atoms with Gasteiger partial charge in [0, 0.05) is 11.4 Å². The van der Waals surface area contributed by atoms with E-state index in [0.29, 0.717) is 30.3 Å². The van der Waals surface area contributed by atoms with Gasteiger partial charge in [0.25, 0.3) is 5.91 Å². The lowest BCUT2D eigenvalue weighted by atomic mass is 10.0. The average Bonchev–Trinajstić information content (AvgIpc) is 3.06. The van der Waals surface area contributed by atoms with Gasteiger partial charge in [-0.25, -0.2) is 4.79 Å². The Morgan fingerprint density at radius 3 is 2.23 bits per heavy atom. The van der Waals surface area contributed by atoms with Crippen molar-refractivity contribution >= 4 is 34.2 Å². The van der Waals surface area contributed by atoms with Crippen LogP contribution in [0.1, 0.15) is 46.6 Å². The van der Waals surface area contributed by atoms with Gasteiger partial charge in [-0.3, -0.25) is 14.9 Å². The normalized spacial score (nSPS) is 12.0. The number of urea groups is 1. The van der Waals surface area contributed by atoms with Crippen molar-refractivity contribution in [3.63, 3.8) is 0 Å². The van der Waals surface area contributed by atoms with Crippen molar-refractivity contribution in [1.29, 1.82) is 0 Å². The van der Waals surface area contributed by atoms with Gasteiger partial charge < -0.3 is 21.9 Å². The van der Waals surface area contributed by atoms with Gasteiger partial charge in [-0.15, -0.1) is 11.3 Å². The molecular formula is C21H28N4O4S. The molecule has 3 amide bonds. The number of benzene rings is 1. The number of carbonyl (C=O) groups excluding carboxylic acids is 2. The molecule has 2 rings (SSSR count). The molecule has 0 aliphatic rings. The Labute approximate surface area is 179 Å². The van der Waals surface area contributed by atoms with Crippen LogP contribution in [-0.2, 0) is 24.2 Å². The number of amides is 3. The third-order valence-corrected chi connectivity index (χ3v) is 5.64. The molecule has 0 aliphatic carbocycles. The molecule has 1 unspecified atom stereocenters. The van der Waals surface area contributed by atoms with E-state index in [0.717, 1.165) is 22.4 Å². The van der Waals surface area contributed by atoms with Gasteiger partial charge in [0.2, 0.25) is 0 Å². The standard InChI is InChI=1S/C21H28N4O4S/c1-12(2)9-17(20(27)28)24-11-14-5-3-13(4-6-14)7-8-15-10-16(18(22)26)19(30-15)25-21(23)29/h3-6,10,12,17,24H,7-9,11H2,1-2H3,(H2,22,26)(H,27,28)(H3,23,25,29). The van der Waals surface area contributed by atoms with E-state index < -0.39 is 23.9 Å². The largest absolute Gasteiger partial charge is 0.480 e. The number of thiophene rings is 1. The van der Waals surface area contributed by atoms with Crippen LogP contribution in [0, 0.1) is 5.92 Å². The number of primary amides is 2. The number of anilines is 1. The molecule has 7 N–H and O–H groups in total. The van der Waals surface area contributed by atoms with Crippen LogP contribution in [0.15, 0.2) is 30.3 Å². The lowest BCUT2D eigenvalue weighted by molar-refractivity contribution is -0.140. The summed E-state index contributed by atoms with van der Waals surface area (Å²) in [5.41, 5.74) is 12.9. The number of carboxylic acids is 1. The molecule has 30 heavy (non-hydrogen) atoms. The molecule has 0 bridgehead atoms. The van der Waals surface area contributed by atoms with Gasteiger partial charge in [0.05, 0.1) is 5.56 Å². The molecule has 162 valence electrons. The van der Waals surface area contributed by atoms with Crippen molar-refractivity contribution < 1.29 is 19.5 Å². The number of hydrogen-bond acceptors (Lipinski definition) is 5. The number of nitrogens with two attached hydrogens (primary N) is 2. The van der Waals surface area contributed by atoms with Crippen molar-refractivity contribution in [1.82, 2.24) is 5.32 Å². The maximum absolute atomic E-state index is 11.5. The van der Waals surface area contributed by atoms with E-state index >= 15 is 0 Å². The van der Waals surface area contributed by atoms with Crippen molar-refractivity contribution in [2.75, 3.05) is 5.32 Å².